The van der Waals surface area contributed by atoms with Crippen molar-refractivity contribution in [2.24, 2.45) is 22.0 Å². The molecule has 0 unspecified atom stereocenters. The number of carbonyl (C=O) groups excluding carboxylic acids is 2. The predicted octanol–water partition coefficient (Wildman–Crippen LogP) is 8.10. The van der Waals surface area contributed by atoms with E-state index >= 15 is 0 Å². The molecule has 0 radical (unpaired) electrons. The summed E-state index contributed by atoms with van der Waals surface area (Å²) in [5.74, 6) is 0. The zero-order valence-corrected chi connectivity index (χ0v) is 29.4. The number of carbonyl (C=O) groups is 2. The third-order valence-electron chi connectivity index (χ3n) is 10.2. The Kier molecular flexibility index (Phi) is 16.6. The average molecular weight is 651 g/mol. The standard InChI is InChI=1S/C16H23NO2.C15H22N2O2.C8H17N/c1-16(10-6-3-7-11-16)13-17-15(18)19-12-14-8-4-2-5-9-14;1-15(7-9-16-10-8-15)12-17-14(18)19-11-13-5-3-2-4-6-13;1-8(7-9)5-3-2-4-6-8/h2,4-5,8-9H,3,6-7,10-13H2,1H3,(H,17,18);2-6,16H,7-12H2,1H3,(H,17,18);2-7,9H2,1H3. The molecule has 2 aliphatic carbocycles. The minimum absolute atomic E-state index is 0.191. The Hall–Kier alpha value is -3.10. The molecule has 2 aromatic rings. The van der Waals surface area contributed by atoms with Gasteiger partial charge in [0.25, 0.3) is 0 Å². The van der Waals surface area contributed by atoms with Crippen LogP contribution in [0.5, 0.6) is 0 Å². The van der Waals surface area contributed by atoms with Gasteiger partial charge in [0.2, 0.25) is 0 Å². The van der Waals surface area contributed by atoms with Crippen molar-refractivity contribution < 1.29 is 19.1 Å². The second-order valence-electron chi connectivity index (χ2n) is 14.8. The first kappa shape index (κ1) is 38.3. The van der Waals surface area contributed by atoms with Gasteiger partial charge in [-0.2, -0.15) is 0 Å². The van der Waals surface area contributed by atoms with Gasteiger partial charge in [0.15, 0.2) is 0 Å². The van der Waals surface area contributed by atoms with Crippen LogP contribution in [0.25, 0.3) is 0 Å². The van der Waals surface area contributed by atoms with Gasteiger partial charge >= 0.3 is 12.2 Å². The summed E-state index contributed by atoms with van der Waals surface area (Å²) in [5, 5.41) is 9.11. The monoisotopic (exact) mass is 650 g/mol. The molecule has 2 saturated carbocycles. The summed E-state index contributed by atoms with van der Waals surface area (Å²) in [5.41, 5.74) is 8.60. The first-order valence-electron chi connectivity index (χ1n) is 17.9. The number of hydrogen-bond donors (Lipinski definition) is 4. The van der Waals surface area contributed by atoms with Gasteiger partial charge in [-0.1, -0.05) is 120 Å². The van der Waals surface area contributed by atoms with Crippen molar-refractivity contribution in [2.45, 2.75) is 111 Å². The SMILES string of the molecule is CC1(CN)CCCCC1.CC1(CNC(=O)OCc2ccccc2)CCCCC1.CC1(CNC(=O)OCc2ccccc2)CCNCC1. The minimum atomic E-state index is -0.330. The average Bonchev–Trinajstić information content (AvgIpc) is 3.11. The van der Waals surface area contributed by atoms with Gasteiger partial charge in [-0.15, -0.1) is 0 Å². The van der Waals surface area contributed by atoms with Crippen molar-refractivity contribution >= 4 is 12.2 Å². The van der Waals surface area contributed by atoms with E-state index in [1.807, 2.05) is 60.7 Å². The molecule has 1 heterocycles. The second kappa shape index (κ2) is 20.3. The van der Waals surface area contributed by atoms with E-state index in [0.29, 0.717) is 25.2 Å². The first-order chi connectivity index (χ1) is 22.6. The molecule has 1 saturated heterocycles. The normalized spacial score (nSPS) is 19.3. The Balaban J connectivity index is 0.000000204. The molecule has 2 aromatic carbocycles. The Morgan fingerprint density at radius 2 is 1.00 bits per heavy atom. The van der Waals surface area contributed by atoms with Gasteiger partial charge in [-0.25, -0.2) is 9.59 Å². The molecule has 3 aliphatic rings. The first-order valence-corrected chi connectivity index (χ1v) is 17.9. The number of nitrogens with two attached hydrogens (primary N) is 1. The number of amides is 2. The quantitative estimate of drug-likeness (QED) is 0.218. The van der Waals surface area contributed by atoms with Crippen LogP contribution in [0.4, 0.5) is 9.59 Å². The maximum absolute atomic E-state index is 11.7. The predicted molar refractivity (Wildman–Crippen MR) is 191 cm³/mol. The fraction of sp³-hybridized carbons (Fsp3) is 0.641. The largest absolute Gasteiger partial charge is 0.445 e. The van der Waals surface area contributed by atoms with Crippen LogP contribution in [0, 0.1) is 16.2 Å². The molecule has 0 bridgehead atoms. The molecule has 3 fully saturated rings. The number of piperidine rings is 1. The van der Waals surface area contributed by atoms with Gasteiger partial charge in [0.1, 0.15) is 13.2 Å². The van der Waals surface area contributed by atoms with Gasteiger partial charge < -0.3 is 31.2 Å². The molecule has 1 aliphatic heterocycles. The lowest BCUT2D eigenvalue weighted by atomic mass is 9.76. The minimum Gasteiger partial charge on any atom is -0.445 e. The van der Waals surface area contributed by atoms with Crippen molar-refractivity contribution in [1.82, 2.24) is 16.0 Å². The van der Waals surface area contributed by atoms with E-state index in [4.69, 9.17) is 15.2 Å². The number of alkyl carbamates (subject to hydrolysis) is 2. The summed E-state index contributed by atoms with van der Waals surface area (Å²) in [7, 11) is 0. The molecule has 0 aromatic heterocycles. The highest BCUT2D eigenvalue weighted by Crippen LogP contribution is 2.35. The molecule has 47 heavy (non-hydrogen) atoms. The number of benzene rings is 2. The fourth-order valence-electron chi connectivity index (χ4n) is 6.52. The van der Waals surface area contributed by atoms with Crippen LogP contribution in [0.3, 0.4) is 0 Å². The summed E-state index contributed by atoms with van der Waals surface area (Å²) in [4.78, 5) is 23.3. The number of hydrogen-bond acceptors (Lipinski definition) is 6. The van der Waals surface area contributed by atoms with E-state index in [0.717, 1.165) is 50.1 Å². The van der Waals surface area contributed by atoms with E-state index in [1.54, 1.807) is 0 Å². The highest BCUT2D eigenvalue weighted by Gasteiger charge is 2.28. The highest BCUT2D eigenvalue weighted by molar-refractivity contribution is 5.67. The van der Waals surface area contributed by atoms with Crippen LogP contribution < -0.4 is 21.7 Å². The Bertz CT molecular complexity index is 1060. The number of ether oxygens (including phenoxy) is 2. The fourth-order valence-corrected chi connectivity index (χ4v) is 6.52. The topological polar surface area (TPSA) is 115 Å². The van der Waals surface area contributed by atoms with E-state index in [-0.39, 0.29) is 23.0 Å². The van der Waals surface area contributed by atoms with Crippen LogP contribution in [-0.2, 0) is 22.7 Å². The lowest BCUT2D eigenvalue weighted by Crippen LogP contribution is -2.43. The van der Waals surface area contributed by atoms with Gasteiger partial charge in [0, 0.05) is 13.1 Å². The smallest absolute Gasteiger partial charge is 0.407 e. The Morgan fingerprint density at radius 3 is 1.38 bits per heavy atom. The third kappa shape index (κ3) is 15.6. The van der Waals surface area contributed by atoms with E-state index in [9.17, 15) is 9.59 Å². The molecule has 8 nitrogen and oxygen atoms in total. The van der Waals surface area contributed by atoms with Crippen LogP contribution in [0.1, 0.15) is 109 Å². The lowest BCUT2D eigenvalue weighted by Gasteiger charge is -2.33. The Morgan fingerprint density at radius 1 is 0.617 bits per heavy atom. The van der Waals surface area contributed by atoms with Crippen LogP contribution in [-0.4, -0.2) is 44.9 Å². The van der Waals surface area contributed by atoms with Crippen LogP contribution >= 0.6 is 0 Å². The molecule has 0 spiro atoms. The summed E-state index contributed by atoms with van der Waals surface area (Å²) < 4.78 is 10.4. The summed E-state index contributed by atoms with van der Waals surface area (Å²) in [6.45, 7) is 11.8. The van der Waals surface area contributed by atoms with Gasteiger partial charge in [0.05, 0.1) is 0 Å². The molecular formula is C39H62N4O4. The molecule has 2 amide bonds. The third-order valence-corrected chi connectivity index (χ3v) is 10.2. The van der Waals surface area contributed by atoms with Crippen molar-refractivity contribution in [3.05, 3.63) is 71.8 Å². The van der Waals surface area contributed by atoms with Gasteiger partial charge in [-0.3, -0.25) is 0 Å². The van der Waals surface area contributed by atoms with Crippen LogP contribution in [0.2, 0.25) is 0 Å². The molecule has 0 atom stereocenters. The van der Waals surface area contributed by atoms with Crippen molar-refractivity contribution in [3.63, 3.8) is 0 Å². The summed E-state index contributed by atoms with van der Waals surface area (Å²) >= 11 is 0. The molecule has 262 valence electrons. The molecule has 5 rings (SSSR count). The number of nitrogens with one attached hydrogen (secondary N) is 3. The van der Waals surface area contributed by atoms with Gasteiger partial charge in [-0.05, 0) is 85.5 Å². The lowest BCUT2D eigenvalue weighted by molar-refractivity contribution is 0.128. The van der Waals surface area contributed by atoms with Crippen LogP contribution in [0.15, 0.2) is 60.7 Å². The van der Waals surface area contributed by atoms with E-state index < -0.39 is 0 Å². The molecule has 8 heteroatoms. The van der Waals surface area contributed by atoms with E-state index in [2.05, 4.69) is 36.7 Å². The molecule has 5 N–H and O–H groups in total. The maximum Gasteiger partial charge on any atom is 0.407 e. The zero-order valence-electron chi connectivity index (χ0n) is 29.4. The summed E-state index contributed by atoms with van der Waals surface area (Å²) in [6.07, 6.45) is 14.7. The highest BCUT2D eigenvalue weighted by atomic mass is 16.6. The second-order valence-corrected chi connectivity index (χ2v) is 14.8. The summed E-state index contributed by atoms with van der Waals surface area (Å²) in [6, 6.07) is 19.5. The Labute approximate surface area is 284 Å². The molecular weight excluding hydrogens is 588 g/mol. The van der Waals surface area contributed by atoms with E-state index in [1.165, 1.54) is 64.2 Å². The van der Waals surface area contributed by atoms with Crippen molar-refractivity contribution in [3.8, 4) is 0 Å². The number of rotatable bonds is 9. The zero-order chi connectivity index (χ0) is 33.9. The maximum atomic E-state index is 11.7. The van der Waals surface area contributed by atoms with Crippen molar-refractivity contribution in [1.29, 1.82) is 0 Å². The van der Waals surface area contributed by atoms with Crippen molar-refractivity contribution in [2.75, 3.05) is 32.7 Å².